The summed E-state index contributed by atoms with van der Waals surface area (Å²) in [5.74, 6) is -0.969. The van der Waals surface area contributed by atoms with Crippen LogP contribution in [0.25, 0.3) is 0 Å². The number of sulfonamides is 1. The molecule has 7 nitrogen and oxygen atoms in total. The highest BCUT2D eigenvalue weighted by molar-refractivity contribution is 7.92. The second-order valence-corrected chi connectivity index (χ2v) is 11.5. The number of carbonyl (C=O) groups is 2. The topological polar surface area (TPSA) is 86.8 Å². The van der Waals surface area contributed by atoms with Crippen LogP contribution in [0.15, 0.2) is 36.4 Å². The summed E-state index contributed by atoms with van der Waals surface area (Å²) in [6.07, 6.45) is 2.63. The van der Waals surface area contributed by atoms with E-state index in [0.717, 1.165) is 23.4 Å². The zero-order valence-electron chi connectivity index (χ0n) is 19.5. The van der Waals surface area contributed by atoms with Crippen LogP contribution in [0.5, 0.6) is 0 Å². The molecule has 0 unspecified atom stereocenters. The Morgan fingerprint density at radius 3 is 2.29 bits per heavy atom. The van der Waals surface area contributed by atoms with E-state index < -0.39 is 28.5 Å². The Morgan fingerprint density at radius 1 is 1.03 bits per heavy atom. The zero-order chi connectivity index (χ0) is 26.3. The van der Waals surface area contributed by atoms with Gasteiger partial charge < -0.3 is 10.2 Å². The smallest absolute Gasteiger partial charge is 0.244 e. The first-order valence-corrected chi connectivity index (χ1v) is 14.1. The molecule has 0 spiro atoms. The molecule has 12 heteroatoms. The lowest BCUT2D eigenvalue weighted by molar-refractivity contribution is -0.139. The minimum absolute atomic E-state index is 0.000303. The predicted molar refractivity (Wildman–Crippen MR) is 143 cm³/mol. The SMILES string of the molecule is CCCCNC(=O)[C@@H](C)N(Cc1cccc(Cl)c1)C(=O)CN(c1cc(Cl)c(Cl)cc1Cl)S(C)(=O)=O. The van der Waals surface area contributed by atoms with Crippen LogP contribution in [0.1, 0.15) is 32.3 Å². The molecule has 35 heavy (non-hydrogen) atoms. The molecule has 0 aliphatic carbocycles. The van der Waals surface area contributed by atoms with Gasteiger partial charge in [0.2, 0.25) is 21.8 Å². The van der Waals surface area contributed by atoms with Crippen molar-refractivity contribution < 1.29 is 18.0 Å². The number of hydrogen-bond donors (Lipinski definition) is 1. The van der Waals surface area contributed by atoms with Crippen molar-refractivity contribution in [1.29, 1.82) is 0 Å². The Bertz CT molecular complexity index is 1180. The van der Waals surface area contributed by atoms with E-state index in [4.69, 9.17) is 46.4 Å². The number of amides is 2. The van der Waals surface area contributed by atoms with E-state index in [0.29, 0.717) is 17.1 Å². The summed E-state index contributed by atoms with van der Waals surface area (Å²) in [4.78, 5) is 27.6. The Morgan fingerprint density at radius 2 is 1.69 bits per heavy atom. The van der Waals surface area contributed by atoms with Gasteiger partial charge in [-0.05, 0) is 43.2 Å². The van der Waals surface area contributed by atoms with Crippen LogP contribution in [0.2, 0.25) is 20.1 Å². The van der Waals surface area contributed by atoms with Crippen LogP contribution in [0.3, 0.4) is 0 Å². The molecule has 2 aromatic carbocycles. The Balaban J connectivity index is 2.42. The van der Waals surface area contributed by atoms with Gasteiger partial charge in [-0.3, -0.25) is 13.9 Å². The highest BCUT2D eigenvalue weighted by Crippen LogP contribution is 2.35. The molecule has 0 heterocycles. The van der Waals surface area contributed by atoms with Gasteiger partial charge in [0.1, 0.15) is 12.6 Å². The number of rotatable bonds is 11. The maximum absolute atomic E-state index is 13.5. The molecule has 2 amide bonds. The molecule has 0 aliphatic rings. The van der Waals surface area contributed by atoms with E-state index in [9.17, 15) is 18.0 Å². The average molecular weight is 583 g/mol. The summed E-state index contributed by atoms with van der Waals surface area (Å²) in [6, 6.07) is 8.55. The number of benzene rings is 2. The van der Waals surface area contributed by atoms with Crippen molar-refractivity contribution in [2.45, 2.75) is 39.3 Å². The van der Waals surface area contributed by atoms with Gasteiger partial charge in [-0.25, -0.2) is 8.42 Å². The minimum Gasteiger partial charge on any atom is -0.354 e. The minimum atomic E-state index is -3.96. The normalized spacial score (nSPS) is 12.2. The van der Waals surface area contributed by atoms with Crippen molar-refractivity contribution in [3.8, 4) is 0 Å². The Kier molecular flexibility index (Phi) is 11.0. The first-order chi connectivity index (χ1) is 16.3. The molecular weight excluding hydrogens is 556 g/mol. The quantitative estimate of drug-likeness (QED) is 0.284. The van der Waals surface area contributed by atoms with Crippen molar-refractivity contribution in [2.75, 3.05) is 23.7 Å². The van der Waals surface area contributed by atoms with Gasteiger partial charge in [0.05, 0.1) is 27.0 Å². The lowest BCUT2D eigenvalue weighted by Crippen LogP contribution is -2.51. The largest absolute Gasteiger partial charge is 0.354 e. The third-order valence-corrected chi connectivity index (χ3v) is 7.56. The number of nitrogens with one attached hydrogen (secondary N) is 1. The summed E-state index contributed by atoms with van der Waals surface area (Å²) >= 11 is 24.4. The van der Waals surface area contributed by atoms with Crippen molar-refractivity contribution in [3.05, 3.63) is 62.1 Å². The van der Waals surface area contributed by atoms with E-state index in [2.05, 4.69) is 5.32 Å². The summed E-state index contributed by atoms with van der Waals surface area (Å²) in [6.45, 7) is 3.48. The van der Waals surface area contributed by atoms with Crippen molar-refractivity contribution in [2.24, 2.45) is 0 Å². The maximum atomic E-state index is 13.5. The monoisotopic (exact) mass is 581 g/mol. The van der Waals surface area contributed by atoms with Crippen LogP contribution in [-0.4, -0.2) is 50.5 Å². The number of nitrogens with zero attached hydrogens (tertiary/aromatic N) is 2. The fourth-order valence-electron chi connectivity index (χ4n) is 3.25. The first kappa shape index (κ1) is 29.5. The lowest BCUT2D eigenvalue weighted by atomic mass is 10.1. The molecule has 2 aromatic rings. The molecule has 0 bridgehead atoms. The molecule has 0 fully saturated rings. The fraction of sp³-hybridized carbons (Fsp3) is 0.391. The molecule has 0 radical (unpaired) electrons. The molecule has 1 atom stereocenters. The van der Waals surface area contributed by atoms with Gasteiger partial charge in [-0.2, -0.15) is 0 Å². The maximum Gasteiger partial charge on any atom is 0.244 e. The summed E-state index contributed by atoms with van der Waals surface area (Å²) < 4.78 is 26.1. The van der Waals surface area contributed by atoms with Crippen LogP contribution < -0.4 is 9.62 Å². The van der Waals surface area contributed by atoms with E-state index in [1.165, 1.54) is 17.0 Å². The van der Waals surface area contributed by atoms with Crippen LogP contribution in [-0.2, 0) is 26.2 Å². The van der Waals surface area contributed by atoms with E-state index in [1.54, 1.807) is 31.2 Å². The molecule has 0 saturated carbocycles. The summed E-state index contributed by atoms with van der Waals surface area (Å²) in [7, 11) is -3.96. The third-order valence-electron chi connectivity index (χ3n) is 5.18. The summed E-state index contributed by atoms with van der Waals surface area (Å²) in [5.41, 5.74) is 0.678. The lowest BCUT2D eigenvalue weighted by Gasteiger charge is -2.31. The van der Waals surface area contributed by atoms with Crippen LogP contribution in [0.4, 0.5) is 5.69 Å². The number of anilines is 1. The van der Waals surface area contributed by atoms with Gasteiger partial charge >= 0.3 is 0 Å². The standard InChI is InChI=1S/C23H27Cl4N3O4S/c1-4-5-9-28-23(32)15(2)29(13-16-7-6-8-17(24)10-16)22(31)14-30(35(3,33)34)21-12-19(26)18(25)11-20(21)27/h6-8,10-12,15H,4-5,9,13-14H2,1-3H3,(H,28,32)/t15-/m1/s1. The molecule has 0 aliphatic heterocycles. The van der Waals surface area contributed by atoms with Crippen molar-refractivity contribution >= 4 is 73.9 Å². The van der Waals surface area contributed by atoms with Crippen molar-refractivity contribution in [1.82, 2.24) is 10.2 Å². The van der Waals surface area contributed by atoms with Gasteiger partial charge in [-0.1, -0.05) is 71.9 Å². The fourth-order valence-corrected chi connectivity index (χ4v) is 5.01. The second kappa shape index (κ2) is 13.0. The number of carbonyl (C=O) groups excluding carboxylic acids is 2. The van der Waals surface area contributed by atoms with Crippen LogP contribution >= 0.6 is 46.4 Å². The van der Waals surface area contributed by atoms with Gasteiger partial charge in [0.15, 0.2) is 0 Å². The van der Waals surface area contributed by atoms with E-state index in [-0.39, 0.29) is 33.2 Å². The average Bonchev–Trinajstić information content (AvgIpc) is 2.77. The number of halogens is 4. The highest BCUT2D eigenvalue weighted by atomic mass is 35.5. The van der Waals surface area contributed by atoms with Crippen LogP contribution in [0, 0.1) is 0 Å². The number of unbranched alkanes of at least 4 members (excludes halogenated alkanes) is 1. The van der Waals surface area contributed by atoms with Gasteiger partial charge in [0, 0.05) is 18.1 Å². The zero-order valence-corrected chi connectivity index (χ0v) is 23.4. The molecule has 0 aromatic heterocycles. The highest BCUT2D eigenvalue weighted by Gasteiger charge is 2.31. The predicted octanol–water partition coefficient (Wildman–Crippen LogP) is 5.40. The number of hydrogen-bond acceptors (Lipinski definition) is 4. The molecular formula is C23H27Cl4N3O4S. The second-order valence-electron chi connectivity index (χ2n) is 7.96. The molecule has 0 saturated heterocycles. The van der Waals surface area contributed by atoms with Gasteiger partial charge in [0.25, 0.3) is 0 Å². The first-order valence-electron chi connectivity index (χ1n) is 10.8. The third kappa shape index (κ3) is 8.43. The van der Waals surface area contributed by atoms with E-state index in [1.807, 2.05) is 6.92 Å². The van der Waals surface area contributed by atoms with E-state index >= 15 is 0 Å². The molecule has 1 N–H and O–H groups in total. The van der Waals surface area contributed by atoms with Gasteiger partial charge in [-0.15, -0.1) is 0 Å². The molecule has 2 rings (SSSR count). The van der Waals surface area contributed by atoms with Crippen molar-refractivity contribution in [3.63, 3.8) is 0 Å². The summed E-state index contributed by atoms with van der Waals surface area (Å²) in [5, 5.41) is 3.50. The Labute approximate surface area is 226 Å². The Hall–Kier alpha value is -1.71. The molecule has 192 valence electrons.